The van der Waals surface area contributed by atoms with Gasteiger partial charge in [-0.1, -0.05) is 29.8 Å². The van der Waals surface area contributed by atoms with Crippen LogP contribution in [0.1, 0.15) is 24.0 Å². The van der Waals surface area contributed by atoms with Crippen molar-refractivity contribution in [3.05, 3.63) is 59.7 Å². The third kappa shape index (κ3) is 7.10. The van der Waals surface area contributed by atoms with Crippen LogP contribution in [0, 0.1) is 6.92 Å². The molecule has 11 heteroatoms. The fraction of sp³-hybridized carbons (Fsp3) is 0.481. The van der Waals surface area contributed by atoms with Crippen LogP contribution in [0.3, 0.4) is 0 Å². The van der Waals surface area contributed by atoms with Gasteiger partial charge in [-0.2, -0.15) is 4.31 Å². The Bertz CT molecular complexity index is 1200. The number of hydrogen-bond donors (Lipinski definition) is 2. The van der Waals surface area contributed by atoms with Gasteiger partial charge in [0.1, 0.15) is 24.4 Å². The average molecular weight is 546 g/mol. The molecule has 4 rings (SSSR count). The molecular formula is C27H35N3O7S. The number of carbonyl (C=O) groups is 2. The van der Waals surface area contributed by atoms with Gasteiger partial charge in [0.05, 0.1) is 18.1 Å². The molecule has 2 aromatic carbocycles. The Hall–Kier alpha value is -2.99. The molecular weight excluding hydrogens is 510 g/mol. The summed E-state index contributed by atoms with van der Waals surface area (Å²) in [7, 11) is -3.88. The van der Waals surface area contributed by atoms with Crippen LogP contribution in [0.4, 0.5) is 0 Å². The van der Waals surface area contributed by atoms with Crippen LogP contribution in [0.2, 0.25) is 0 Å². The highest BCUT2D eigenvalue weighted by Gasteiger charge is 2.40. The lowest BCUT2D eigenvalue weighted by molar-refractivity contribution is -0.142. The van der Waals surface area contributed by atoms with Gasteiger partial charge in [-0.3, -0.25) is 9.69 Å². The highest BCUT2D eigenvalue weighted by Crippen LogP contribution is 2.26. The number of aliphatic carboxylic acids is 1. The SMILES string of the molecule is Cc1ccc(S(=O)(=O)N2CCC[C@H]2C(=O)N[C@@H](Cc2ccc(OCCN3CCOCC3)cc2)C(=O)O)cc1. The minimum atomic E-state index is -3.88. The largest absolute Gasteiger partial charge is 0.492 e. The molecule has 2 aliphatic rings. The molecule has 2 aliphatic heterocycles. The fourth-order valence-corrected chi connectivity index (χ4v) is 6.33. The first-order valence-corrected chi connectivity index (χ1v) is 14.3. The molecule has 1 amide bonds. The second kappa shape index (κ2) is 12.7. The van der Waals surface area contributed by atoms with Gasteiger partial charge in [-0.05, 0) is 49.6 Å². The van der Waals surface area contributed by atoms with Crippen LogP contribution < -0.4 is 10.1 Å². The van der Waals surface area contributed by atoms with E-state index in [-0.39, 0.29) is 17.9 Å². The van der Waals surface area contributed by atoms with E-state index in [1.165, 1.54) is 16.4 Å². The third-order valence-electron chi connectivity index (χ3n) is 6.89. The van der Waals surface area contributed by atoms with Gasteiger partial charge in [0.25, 0.3) is 0 Å². The maximum Gasteiger partial charge on any atom is 0.326 e. The smallest absolute Gasteiger partial charge is 0.326 e. The minimum absolute atomic E-state index is 0.0621. The van der Waals surface area contributed by atoms with E-state index < -0.39 is 34.0 Å². The number of nitrogens with zero attached hydrogens (tertiary/aromatic N) is 2. The number of carboxylic acid groups (broad SMARTS) is 1. The highest BCUT2D eigenvalue weighted by molar-refractivity contribution is 7.89. The van der Waals surface area contributed by atoms with Crippen molar-refractivity contribution in [1.82, 2.24) is 14.5 Å². The van der Waals surface area contributed by atoms with E-state index in [1.54, 1.807) is 36.4 Å². The molecule has 2 N–H and O–H groups in total. The Balaban J connectivity index is 1.34. The third-order valence-corrected chi connectivity index (χ3v) is 8.81. The number of amides is 1. The second-order valence-corrected chi connectivity index (χ2v) is 11.5. The van der Waals surface area contributed by atoms with Crippen LogP contribution in [0.5, 0.6) is 5.75 Å². The van der Waals surface area contributed by atoms with E-state index in [9.17, 15) is 23.1 Å². The molecule has 2 atom stereocenters. The molecule has 10 nitrogen and oxygen atoms in total. The first-order valence-electron chi connectivity index (χ1n) is 12.9. The quantitative estimate of drug-likeness (QED) is 0.437. The van der Waals surface area contributed by atoms with Gasteiger partial charge >= 0.3 is 5.97 Å². The summed E-state index contributed by atoms with van der Waals surface area (Å²) in [5.41, 5.74) is 1.64. The van der Waals surface area contributed by atoms with E-state index in [1.807, 2.05) is 6.92 Å². The van der Waals surface area contributed by atoms with Gasteiger partial charge in [-0.15, -0.1) is 0 Å². The Labute approximate surface area is 223 Å². The fourth-order valence-electron chi connectivity index (χ4n) is 4.68. The van der Waals surface area contributed by atoms with Crippen LogP contribution in [0.25, 0.3) is 0 Å². The van der Waals surface area contributed by atoms with E-state index >= 15 is 0 Å². The van der Waals surface area contributed by atoms with Crippen LogP contribution in [-0.4, -0.2) is 92.7 Å². The summed E-state index contributed by atoms with van der Waals surface area (Å²) in [6.45, 7) is 6.66. The van der Waals surface area contributed by atoms with Crippen LogP contribution in [0.15, 0.2) is 53.4 Å². The summed E-state index contributed by atoms with van der Waals surface area (Å²) >= 11 is 0. The van der Waals surface area contributed by atoms with Gasteiger partial charge in [0.2, 0.25) is 15.9 Å². The number of hydrogen-bond acceptors (Lipinski definition) is 7. The highest BCUT2D eigenvalue weighted by atomic mass is 32.2. The molecule has 0 unspecified atom stereocenters. The van der Waals surface area contributed by atoms with Crippen LogP contribution >= 0.6 is 0 Å². The monoisotopic (exact) mass is 545 g/mol. The van der Waals surface area contributed by atoms with Crippen molar-refractivity contribution in [3.8, 4) is 5.75 Å². The molecule has 38 heavy (non-hydrogen) atoms. The number of benzene rings is 2. The number of sulfonamides is 1. The van der Waals surface area contributed by atoms with Crippen molar-refractivity contribution in [1.29, 1.82) is 0 Å². The van der Waals surface area contributed by atoms with Crippen molar-refractivity contribution in [2.75, 3.05) is 46.0 Å². The Morgan fingerprint density at radius 2 is 1.76 bits per heavy atom. The number of ether oxygens (including phenoxy) is 2. The Morgan fingerprint density at radius 3 is 2.42 bits per heavy atom. The summed E-state index contributed by atoms with van der Waals surface area (Å²) in [6, 6.07) is 11.4. The number of carbonyl (C=O) groups excluding carboxylic acids is 1. The van der Waals surface area contributed by atoms with Crippen molar-refractivity contribution >= 4 is 21.9 Å². The number of aryl methyl sites for hydroxylation is 1. The molecule has 0 aliphatic carbocycles. The first-order chi connectivity index (χ1) is 18.2. The predicted molar refractivity (Wildman–Crippen MR) is 141 cm³/mol. The van der Waals surface area contributed by atoms with Gasteiger partial charge in [-0.25, -0.2) is 13.2 Å². The van der Waals surface area contributed by atoms with Crippen molar-refractivity contribution in [3.63, 3.8) is 0 Å². The van der Waals surface area contributed by atoms with E-state index in [0.717, 1.165) is 38.4 Å². The predicted octanol–water partition coefficient (Wildman–Crippen LogP) is 1.67. The Morgan fingerprint density at radius 1 is 1.08 bits per heavy atom. The maximum atomic E-state index is 13.2. The molecule has 2 fully saturated rings. The molecule has 0 aromatic heterocycles. The first kappa shape index (κ1) is 28.0. The zero-order chi connectivity index (χ0) is 27.1. The minimum Gasteiger partial charge on any atom is -0.492 e. The van der Waals surface area contributed by atoms with Crippen molar-refractivity contribution in [2.45, 2.75) is 43.2 Å². The maximum absolute atomic E-state index is 13.2. The summed E-state index contributed by atoms with van der Waals surface area (Å²) in [6.07, 6.45) is 0.917. The molecule has 206 valence electrons. The van der Waals surface area contributed by atoms with E-state index in [4.69, 9.17) is 9.47 Å². The van der Waals surface area contributed by atoms with Gasteiger partial charge < -0.3 is 19.9 Å². The molecule has 0 spiro atoms. The molecule has 2 saturated heterocycles. The zero-order valence-electron chi connectivity index (χ0n) is 21.5. The number of nitrogens with one attached hydrogen (secondary N) is 1. The lowest BCUT2D eigenvalue weighted by Crippen LogP contribution is -2.51. The van der Waals surface area contributed by atoms with Gasteiger partial charge in [0, 0.05) is 32.6 Å². The average Bonchev–Trinajstić information content (AvgIpc) is 3.41. The number of carboxylic acids is 1. The number of rotatable bonds is 11. The standard InChI is InChI=1S/C27H35N3O7S/c1-20-4-10-23(11-5-20)38(34,35)30-12-2-3-25(30)26(31)28-24(27(32)33)19-21-6-8-22(9-7-21)37-18-15-29-13-16-36-17-14-29/h4-11,24-25H,2-3,12-19H2,1H3,(H,28,31)(H,32,33)/t24-,25-/m0/s1. The molecule has 2 heterocycles. The van der Waals surface area contributed by atoms with Crippen molar-refractivity contribution < 1.29 is 32.6 Å². The molecule has 0 radical (unpaired) electrons. The summed E-state index contributed by atoms with van der Waals surface area (Å²) in [5.74, 6) is -1.11. The molecule has 2 aromatic rings. The Kier molecular flexibility index (Phi) is 9.37. The van der Waals surface area contributed by atoms with Crippen molar-refractivity contribution in [2.24, 2.45) is 0 Å². The van der Waals surface area contributed by atoms with Gasteiger partial charge in [0.15, 0.2) is 0 Å². The number of morpholine rings is 1. The summed E-state index contributed by atoms with van der Waals surface area (Å²) in [5, 5.41) is 12.3. The summed E-state index contributed by atoms with van der Waals surface area (Å²) in [4.78, 5) is 27.4. The summed E-state index contributed by atoms with van der Waals surface area (Å²) < 4.78 is 38.7. The van der Waals surface area contributed by atoms with Crippen LogP contribution in [-0.2, 0) is 30.8 Å². The van der Waals surface area contributed by atoms with E-state index in [0.29, 0.717) is 30.8 Å². The molecule has 0 bridgehead atoms. The topological polar surface area (TPSA) is 125 Å². The lowest BCUT2D eigenvalue weighted by Gasteiger charge is -2.26. The van der Waals surface area contributed by atoms with E-state index in [2.05, 4.69) is 10.2 Å². The normalized spacial score (nSPS) is 19.7. The molecule has 0 saturated carbocycles. The lowest BCUT2D eigenvalue weighted by atomic mass is 10.1. The second-order valence-electron chi connectivity index (χ2n) is 9.64. The zero-order valence-corrected chi connectivity index (χ0v) is 22.4.